The summed E-state index contributed by atoms with van der Waals surface area (Å²) in [5.41, 5.74) is 4.58. The van der Waals surface area contributed by atoms with Crippen molar-refractivity contribution in [2.24, 2.45) is 0 Å². The first-order chi connectivity index (χ1) is 11.4. The van der Waals surface area contributed by atoms with Gasteiger partial charge in [0.25, 0.3) is 6.01 Å². The average molecular weight is 308 g/mol. The topological polar surface area (TPSA) is 47.1 Å². The molecule has 1 fully saturated rings. The van der Waals surface area contributed by atoms with Crippen molar-refractivity contribution < 1.29 is 4.42 Å². The van der Waals surface area contributed by atoms with Crippen molar-refractivity contribution in [2.45, 2.75) is 38.1 Å². The van der Waals surface area contributed by atoms with E-state index in [1.54, 1.807) is 0 Å². The van der Waals surface area contributed by atoms with Gasteiger partial charge in [0.05, 0.1) is 18.1 Å². The van der Waals surface area contributed by atoms with Crippen molar-refractivity contribution in [3.8, 4) is 0 Å². The fourth-order valence-electron chi connectivity index (χ4n) is 3.94. The number of para-hydroxylation sites is 2. The fourth-order valence-corrected chi connectivity index (χ4v) is 3.94. The highest BCUT2D eigenvalue weighted by Gasteiger charge is 2.29. The second-order valence-electron chi connectivity index (χ2n) is 6.61. The molecule has 1 saturated heterocycles. The average Bonchev–Trinajstić information content (AvgIpc) is 3.31. The highest BCUT2D eigenvalue weighted by atomic mass is 16.4. The Morgan fingerprint density at radius 2 is 2.04 bits per heavy atom. The van der Waals surface area contributed by atoms with Crippen LogP contribution < -0.4 is 4.90 Å². The van der Waals surface area contributed by atoms with E-state index in [4.69, 9.17) is 4.42 Å². The van der Waals surface area contributed by atoms with Gasteiger partial charge in [-0.2, -0.15) is 4.98 Å². The number of fused-ring (bicyclic) bond motifs is 2. The van der Waals surface area contributed by atoms with Gasteiger partial charge in [-0.3, -0.25) is 0 Å². The van der Waals surface area contributed by atoms with Crippen LogP contribution >= 0.6 is 0 Å². The summed E-state index contributed by atoms with van der Waals surface area (Å²) in [5, 5.41) is 0. The molecule has 1 aliphatic carbocycles. The van der Waals surface area contributed by atoms with E-state index in [2.05, 4.69) is 25.8 Å². The van der Waals surface area contributed by atoms with Gasteiger partial charge in [0.15, 0.2) is 5.58 Å². The molecule has 2 aromatic heterocycles. The molecule has 0 radical (unpaired) electrons. The minimum absolute atomic E-state index is 0.486. The van der Waals surface area contributed by atoms with E-state index in [-0.39, 0.29) is 0 Å². The molecule has 0 unspecified atom stereocenters. The van der Waals surface area contributed by atoms with Crippen molar-refractivity contribution in [2.75, 3.05) is 18.0 Å². The lowest BCUT2D eigenvalue weighted by Gasteiger charge is -2.19. The predicted octanol–water partition coefficient (Wildman–Crippen LogP) is 3.35. The monoisotopic (exact) mass is 308 g/mol. The molecule has 5 nitrogen and oxygen atoms in total. The number of hydrogen-bond donors (Lipinski definition) is 0. The smallest absolute Gasteiger partial charge is 0.298 e. The minimum atomic E-state index is 0.486. The maximum Gasteiger partial charge on any atom is 0.298 e. The van der Waals surface area contributed by atoms with E-state index in [9.17, 15) is 0 Å². The van der Waals surface area contributed by atoms with Crippen LogP contribution in [0.15, 0.2) is 35.0 Å². The van der Waals surface area contributed by atoms with Crippen LogP contribution in [0.5, 0.6) is 0 Å². The second-order valence-corrected chi connectivity index (χ2v) is 6.61. The third-order valence-electron chi connectivity index (χ3n) is 5.17. The lowest BCUT2D eigenvalue weighted by molar-refractivity contribution is 0.510. The molecular formula is C18H20N4O. The second kappa shape index (κ2) is 5.11. The summed E-state index contributed by atoms with van der Waals surface area (Å²) in [4.78, 5) is 11.5. The molecule has 0 saturated carbocycles. The number of imidazole rings is 1. The minimum Gasteiger partial charge on any atom is -0.423 e. The van der Waals surface area contributed by atoms with Crippen LogP contribution in [0.3, 0.4) is 0 Å². The Kier molecular flexibility index (Phi) is 2.93. The number of aryl methyl sites for hydroxylation is 1. The van der Waals surface area contributed by atoms with Crippen LogP contribution in [0.1, 0.15) is 36.7 Å². The number of aromatic nitrogens is 3. The zero-order valence-electron chi connectivity index (χ0n) is 13.1. The molecule has 118 valence electrons. The van der Waals surface area contributed by atoms with Crippen molar-refractivity contribution in [1.29, 1.82) is 0 Å². The van der Waals surface area contributed by atoms with Gasteiger partial charge in [0.2, 0.25) is 0 Å². The van der Waals surface area contributed by atoms with Crippen LogP contribution in [-0.4, -0.2) is 27.6 Å². The SMILES string of the molecule is c1ccc2oc(N3CC[C@H](n4cnc5c4CCCC5)C3)nc2c1. The number of oxazole rings is 1. The first-order valence-electron chi connectivity index (χ1n) is 8.53. The Balaban J connectivity index is 1.41. The molecule has 2 aliphatic rings. The standard InChI is InChI=1S/C18H20N4O/c1-3-7-16-14(5-1)19-12-22(16)13-9-10-21(11-13)18-20-15-6-2-4-8-17(15)23-18/h2,4,6,8,12-13H,1,3,5,7,9-11H2/t13-/m0/s1. The van der Waals surface area contributed by atoms with Gasteiger partial charge in [0.1, 0.15) is 5.52 Å². The van der Waals surface area contributed by atoms with Crippen LogP contribution in [-0.2, 0) is 12.8 Å². The van der Waals surface area contributed by atoms with Gasteiger partial charge in [-0.25, -0.2) is 4.98 Å². The van der Waals surface area contributed by atoms with Crippen LogP contribution in [0.4, 0.5) is 6.01 Å². The van der Waals surface area contributed by atoms with E-state index in [0.717, 1.165) is 43.0 Å². The zero-order chi connectivity index (χ0) is 15.2. The Labute approximate surface area is 134 Å². The number of anilines is 1. The Morgan fingerprint density at radius 1 is 1.13 bits per heavy atom. The number of rotatable bonds is 2. The quantitative estimate of drug-likeness (QED) is 0.728. The third kappa shape index (κ3) is 2.14. The normalized spacial score (nSPS) is 21.0. The number of nitrogens with zero attached hydrogens (tertiary/aromatic N) is 4. The van der Waals surface area contributed by atoms with Crippen LogP contribution in [0, 0.1) is 0 Å². The van der Waals surface area contributed by atoms with Gasteiger partial charge in [-0.15, -0.1) is 0 Å². The number of benzene rings is 1. The Morgan fingerprint density at radius 3 is 3.00 bits per heavy atom. The van der Waals surface area contributed by atoms with Crippen molar-refractivity contribution in [3.05, 3.63) is 42.0 Å². The fraction of sp³-hybridized carbons (Fsp3) is 0.444. The summed E-state index contributed by atoms with van der Waals surface area (Å²) in [7, 11) is 0. The maximum absolute atomic E-state index is 5.92. The van der Waals surface area contributed by atoms with Gasteiger partial charge in [-0.05, 0) is 44.2 Å². The molecular weight excluding hydrogens is 288 g/mol. The molecule has 23 heavy (non-hydrogen) atoms. The van der Waals surface area contributed by atoms with Gasteiger partial charge < -0.3 is 13.9 Å². The van der Waals surface area contributed by atoms with Crippen LogP contribution in [0.25, 0.3) is 11.1 Å². The van der Waals surface area contributed by atoms with E-state index < -0.39 is 0 Å². The highest BCUT2D eigenvalue weighted by molar-refractivity contribution is 5.74. The summed E-state index contributed by atoms with van der Waals surface area (Å²) in [6.07, 6.45) is 8.07. The summed E-state index contributed by atoms with van der Waals surface area (Å²) in [5.74, 6) is 0. The van der Waals surface area contributed by atoms with Gasteiger partial charge in [0, 0.05) is 18.8 Å². The first-order valence-corrected chi connectivity index (χ1v) is 8.53. The molecule has 3 aromatic rings. The van der Waals surface area contributed by atoms with E-state index >= 15 is 0 Å². The molecule has 0 N–H and O–H groups in total. The van der Waals surface area contributed by atoms with Crippen molar-refractivity contribution >= 4 is 17.1 Å². The molecule has 5 heteroatoms. The lowest BCUT2D eigenvalue weighted by atomic mass is 10.0. The third-order valence-corrected chi connectivity index (χ3v) is 5.17. The van der Waals surface area contributed by atoms with Crippen molar-refractivity contribution in [3.63, 3.8) is 0 Å². The highest BCUT2D eigenvalue weighted by Crippen LogP contribution is 2.31. The summed E-state index contributed by atoms with van der Waals surface area (Å²) < 4.78 is 8.33. The Bertz CT molecular complexity index is 817. The summed E-state index contributed by atoms with van der Waals surface area (Å²) in [6.45, 7) is 1.94. The van der Waals surface area contributed by atoms with Gasteiger partial charge >= 0.3 is 0 Å². The summed E-state index contributed by atoms with van der Waals surface area (Å²) >= 11 is 0. The zero-order valence-corrected chi connectivity index (χ0v) is 13.1. The summed E-state index contributed by atoms with van der Waals surface area (Å²) in [6, 6.07) is 9.21. The van der Waals surface area contributed by atoms with E-state index in [1.165, 1.54) is 30.7 Å². The van der Waals surface area contributed by atoms with Crippen LogP contribution in [0.2, 0.25) is 0 Å². The maximum atomic E-state index is 5.92. The van der Waals surface area contributed by atoms with Crippen molar-refractivity contribution in [1.82, 2.24) is 14.5 Å². The molecule has 0 spiro atoms. The molecule has 1 aromatic carbocycles. The van der Waals surface area contributed by atoms with E-state index in [1.807, 2.05) is 24.3 Å². The molecule has 1 aliphatic heterocycles. The van der Waals surface area contributed by atoms with E-state index in [0.29, 0.717) is 6.04 Å². The molecule has 5 rings (SSSR count). The lowest BCUT2D eigenvalue weighted by Crippen LogP contribution is -2.22. The molecule has 3 heterocycles. The first kappa shape index (κ1) is 13.2. The largest absolute Gasteiger partial charge is 0.423 e. The molecule has 0 bridgehead atoms. The van der Waals surface area contributed by atoms with Gasteiger partial charge in [-0.1, -0.05) is 12.1 Å². The predicted molar refractivity (Wildman–Crippen MR) is 88.7 cm³/mol. The molecule has 1 atom stereocenters. The Hall–Kier alpha value is -2.30. The number of hydrogen-bond acceptors (Lipinski definition) is 4. The molecule has 0 amide bonds.